The molecule has 0 amide bonds. The molecule has 0 N–H and O–H groups in total. The summed E-state index contributed by atoms with van der Waals surface area (Å²) in [4.78, 5) is 0. The molecule has 0 aromatic heterocycles. The van der Waals surface area contributed by atoms with Crippen LogP contribution in [0.2, 0.25) is 0 Å². The highest BCUT2D eigenvalue weighted by Gasteiger charge is 2.24. The molecular weight excluding hydrogens is 373 g/mol. The molecule has 1 aliphatic heterocycles. The molecule has 2 aromatic carbocycles. The first kappa shape index (κ1) is 21.9. The Morgan fingerprint density at radius 2 is 1.69 bits per heavy atom. The Bertz CT molecular complexity index is 810. The van der Waals surface area contributed by atoms with Crippen molar-refractivity contribution in [2.45, 2.75) is 77.2 Å². The standard InChI is InChI=1S/C25H31F3O/c1-3-5-6-8-17-10-14-22(25(28)24(17)27)21-13-11-18(15-23(21)26)19-9-12-20(7-4-2)29-16-19/h10-11,13-15,19-20H,3-9,12,16H2,1-2H3. The zero-order chi connectivity index (χ0) is 20.8. The van der Waals surface area contributed by atoms with Gasteiger partial charge in [0.25, 0.3) is 0 Å². The summed E-state index contributed by atoms with van der Waals surface area (Å²) in [5.74, 6) is -2.19. The van der Waals surface area contributed by atoms with Crippen molar-refractivity contribution in [2.75, 3.05) is 6.61 Å². The minimum Gasteiger partial charge on any atom is -0.378 e. The van der Waals surface area contributed by atoms with Crippen molar-refractivity contribution in [1.82, 2.24) is 0 Å². The Balaban J connectivity index is 1.76. The van der Waals surface area contributed by atoms with Gasteiger partial charge in [0.15, 0.2) is 11.6 Å². The maximum atomic E-state index is 14.8. The number of unbranched alkanes of at least 4 members (excludes halogenated alkanes) is 2. The molecule has 29 heavy (non-hydrogen) atoms. The number of rotatable bonds is 8. The minimum absolute atomic E-state index is 0.0197. The second kappa shape index (κ2) is 10.3. The number of aryl methyl sites for hydroxylation is 1. The molecule has 0 aliphatic carbocycles. The Labute approximate surface area is 172 Å². The van der Waals surface area contributed by atoms with E-state index in [9.17, 15) is 13.2 Å². The molecule has 3 rings (SSSR count). The second-order valence-electron chi connectivity index (χ2n) is 8.11. The van der Waals surface area contributed by atoms with Gasteiger partial charge in [-0.25, -0.2) is 13.2 Å². The van der Waals surface area contributed by atoms with Crippen LogP contribution < -0.4 is 0 Å². The van der Waals surface area contributed by atoms with Crippen LogP contribution >= 0.6 is 0 Å². The molecule has 0 radical (unpaired) electrons. The molecule has 2 atom stereocenters. The average Bonchev–Trinajstić information content (AvgIpc) is 2.73. The van der Waals surface area contributed by atoms with E-state index in [1.807, 2.05) is 6.07 Å². The lowest BCUT2D eigenvalue weighted by atomic mass is 9.89. The molecule has 0 spiro atoms. The molecule has 1 fully saturated rings. The van der Waals surface area contributed by atoms with Crippen LogP contribution in [0.1, 0.15) is 75.8 Å². The Morgan fingerprint density at radius 1 is 0.897 bits per heavy atom. The van der Waals surface area contributed by atoms with Gasteiger partial charge in [0.1, 0.15) is 5.82 Å². The first-order valence-corrected chi connectivity index (χ1v) is 10.9. The van der Waals surface area contributed by atoms with E-state index in [1.165, 1.54) is 12.1 Å². The highest BCUT2D eigenvalue weighted by molar-refractivity contribution is 5.66. The second-order valence-corrected chi connectivity index (χ2v) is 8.11. The molecule has 158 valence electrons. The SMILES string of the molecule is CCCCCc1ccc(-c2ccc(C3CCC(CCC)OC3)cc2F)c(F)c1F. The number of halogens is 3. The van der Waals surface area contributed by atoms with Gasteiger partial charge in [0.2, 0.25) is 0 Å². The van der Waals surface area contributed by atoms with Crippen LogP contribution in [0.3, 0.4) is 0 Å². The van der Waals surface area contributed by atoms with Gasteiger partial charge in [-0.3, -0.25) is 0 Å². The van der Waals surface area contributed by atoms with Crippen molar-refractivity contribution in [2.24, 2.45) is 0 Å². The summed E-state index contributed by atoms with van der Waals surface area (Å²) in [6, 6.07) is 7.92. The summed E-state index contributed by atoms with van der Waals surface area (Å²) in [6.45, 7) is 4.79. The van der Waals surface area contributed by atoms with Gasteiger partial charge in [-0.15, -0.1) is 0 Å². The lowest BCUT2D eigenvalue weighted by molar-refractivity contribution is -0.00115. The predicted molar refractivity (Wildman–Crippen MR) is 112 cm³/mol. The fraction of sp³-hybridized carbons (Fsp3) is 0.520. The zero-order valence-corrected chi connectivity index (χ0v) is 17.4. The van der Waals surface area contributed by atoms with Crippen molar-refractivity contribution in [3.05, 3.63) is 58.9 Å². The summed E-state index contributed by atoms with van der Waals surface area (Å²) in [5, 5.41) is 0. The first-order valence-electron chi connectivity index (χ1n) is 10.9. The molecule has 4 heteroatoms. The van der Waals surface area contributed by atoms with E-state index in [1.54, 1.807) is 12.1 Å². The fourth-order valence-electron chi connectivity index (χ4n) is 4.18. The van der Waals surface area contributed by atoms with Gasteiger partial charge < -0.3 is 4.74 Å². The predicted octanol–water partition coefficient (Wildman–Crippen LogP) is 7.57. The monoisotopic (exact) mass is 404 g/mol. The molecule has 0 saturated carbocycles. The van der Waals surface area contributed by atoms with Gasteiger partial charge in [-0.2, -0.15) is 0 Å². The van der Waals surface area contributed by atoms with Crippen LogP contribution in [-0.4, -0.2) is 12.7 Å². The largest absolute Gasteiger partial charge is 0.378 e. The molecule has 1 saturated heterocycles. The molecule has 2 aromatic rings. The molecule has 0 bridgehead atoms. The third kappa shape index (κ3) is 5.22. The van der Waals surface area contributed by atoms with Crippen molar-refractivity contribution in [3.63, 3.8) is 0 Å². The molecule has 2 unspecified atom stereocenters. The number of hydrogen-bond donors (Lipinski definition) is 0. The van der Waals surface area contributed by atoms with Crippen LogP contribution in [0, 0.1) is 17.5 Å². The smallest absolute Gasteiger partial charge is 0.167 e. The van der Waals surface area contributed by atoms with Gasteiger partial charge in [-0.05, 0) is 49.3 Å². The van der Waals surface area contributed by atoms with E-state index >= 15 is 0 Å². The van der Waals surface area contributed by atoms with Crippen LogP contribution in [-0.2, 0) is 11.2 Å². The maximum absolute atomic E-state index is 14.8. The van der Waals surface area contributed by atoms with Crippen molar-refractivity contribution in [1.29, 1.82) is 0 Å². The highest BCUT2D eigenvalue weighted by atomic mass is 19.2. The van der Waals surface area contributed by atoms with Crippen molar-refractivity contribution >= 4 is 0 Å². The Kier molecular flexibility index (Phi) is 7.77. The maximum Gasteiger partial charge on any atom is 0.167 e. The lowest BCUT2D eigenvalue weighted by Gasteiger charge is -2.29. The third-order valence-corrected chi connectivity index (χ3v) is 5.95. The molecule has 1 heterocycles. The van der Waals surface area contributed by atoms with Gasteiger partial charge in [-0.1, -0.05) is 57.4 Å². The first-order chi connectivity index (χ1) is 14.0. The summed E-state index contributed by atoms with van der Waals surface area (Å²) < 4.78 is 49.8. The van der Waals surface area contributed by atoms with E-state index in [2.05, 4.69) is 13.8 Å². The minimum atomic E-state index is -0.964. The topological polar surface area (TPSA) is 9.23 Å². The van der Waals surface area contributed by atoms with E-state index < -0.39 is 17.5 Å². The van der Waals surface area contributed by atoms with E-state index in [-0.39, 0.29) is 17.0 Å². The third-order valence-electron chi connectivity index (χ3n) is 5.95. The van der Waals surface area contributed by atoms with Crippen LogP contribution in [0.4, 0.5) is 13.2 Å². The normalized spacial score (nSPS) is 19.5. The molecular formula is C25H31F3O. The van der Waals surface area contributed by atoms with Crippen LogP contribution in [0.5, 0.6) is 0 Å². The number of ether oxygens (including phenoxy) is 1. The zero-order valence-electron chi connectivity index (χ0n) is 17.4. The molecule has 1 nitrogen and oxygen atoms in total. The Hall–Kier alpha value is -1.81. The quantitative estimate of drug-likeness (QED) is 0.412. The van der Waals surface area contributed by atoms with Crippen molar-refractivity contribution < 1.29 is 17.9 Å². The molecule has 1 aliphatic rings. The van der Waals surface area contributed by atoms with E-state index in [0.717, 1.165) is 50.5 Å². The number of hydrogen-bond acceptors (Lipinski definition) is 1. The van der Waals surface area contributed by atoms with Crippen molar-refractivity contribution in [3.8, 4) is 11.1 Å². The van der Waals surface area contributed by atoms with E-state index in [4.69, 9.17) is 4.74 Å². The van der Waals surface area contributed by atoms with Gasteiger partial charge >= 0.3 is 0 Å². The lowest BCUT2D eigenvalue weighted by Crippen LogP contribution is -2.24. The number of benzene rings is 2. The Morgan fingerprint density at radius 3 is 2.34 bits per heavy atom. The van der Waals surface area contributed by atoms with Crippen LogP contribution in [0.25, 0.3) is 11.1 Å². The van der Waals surface area contributed by atoms with Crippen LogP contribution in [0.15, 0.2) is 30.3 Å². The van der Waals surface area contributed by atoms with E-state index in [0.29, 0.717) is 24.7 Å². The summed E-state index contributed by atoms with van der Waals surface area (Å²) in [7, 11) is 0. The van der Waals surface area contributed by atoms with Gasteiger partial charge in [0.05, 0.1) is 12.7 Å². The summed E-state index contributed by atoms with van der Waals surface area (Å²) >= 11 is 0. The van der Waals surface area contributed by atoms with Gasteiger partial charge in [0, 0.05) is 17.0 Å². The summed E-state index contributed by atoms with van der Waals surface area (Å²) in [5.41, 5.74) is 1.30. The summed E-state index contributed by atoms with van der Waals surface area (Å²) in [6.07, 6.45) is 7.69. The average molecular weight is 405 g/mol. The fourth-order valence-corrected chi connectivity index (χ4v) is 4.18. The highest BCUT2D eigenvalue weighted by Crippen LogP contribution is 2.34.